The standard InChI is InChI=1S/C21H18ClF3N2O3/c1-3-6-26-17(28)8-12-10(2)27(16-9-15(24)20(29)19(25)18(12)16)21(30)11-4-5-13(22)14(23)7-11/h4-5,7,9,29H,3,6,8H2,1-2H3,(H,26,28). The summed E-state index contributed by atoms with van der Waals surface area (Å²) in [5.74, 6) is -5.77. The molecule has 0 saturated carbocycles. The lowest BCUT2D eigenvalue weighted by atomic mass is 10.1. The zero-order valence-electron chi connectivity index (χ0n) is 16.2. The summed E-state index contributed by atoms with van der Waals surface area (Å²) in [6, 6.07) is 4.19. The number of halogens is 4. The zero-order chi connectivity index (χ0) is 22.2. The first-order valence-corrected chi connectivity index (χ1v) is 9.52. The van der Waals surface area contributed by atoms with Crippen LogP contribution in [0, 0.1) is 24.4 Å². The maximum Gasteiger partial charge on any atom is 0.262 e. The van der Waals surface area contributed by atoms with Gasteiger partial charge in [-0.15, -0.1) is 0 Å². The number of carbonyl (C=O) groups is 2. The second-order valence-electron chi connectivity index (χ2n) is 6.78. The average molecular weight is 439 g/mol. The summed E-state index contributed by atoms with van der Waals surface area (Å²) in [4.78, 5) is 25.3. The molecule has 0 fully saturated rings. The van der Waals surface area contributed by atoms with Gasteiger partial charge in [-0.3, -0.25) is 14.2 Å². The lowest BCUT2D eigenvalue weighted by molar-refractivity contribution is -0.120. The Bertz CT molecular complexity index is 1170. The molecule has 0 spiro atoms. The lowest BCUT2D eigenvalue weighted by Gasteiger charge is -2.09. The van der Waals surface area contributed by atoms with E-state index in [1.165, 1.54) is 19.1 Å². The number of hydrogen-bond acceptors (Lipinski definition) is 3. The second kappa shape index (κ2) is 8.39. The van der Waals surface area contributed by atoms with Crippen LogP contribution in [-0.4, -0.2) is 28.0 Å². The Kier molecular flexibility index (Phi) is 6.07. The number of rotatable bonds is 5. The third-order valence-corrected chi connectivity index (χ3v) is 5.07. The summed E-state index contributed by atoms with van der Waals surface area (Å²) >= 11 is 5.66. The fraction of sp³-hybridized carbons (Fsp3) is 0.238. The third-order valence-electron chi connectivity index (χ3n) is 4.77. The quantitative estimate of drug-likeness (QED) is 0.617. The Morgan fingerprint density at radius 3 is 2.50 bits per heavy atom. The van der Waals surface area contributed by atoms with Crippen LogP contribution >= 0.6 is 11.6 Å². The van der Waals surface area contributed by atoms with Gasteiger partial charge in [-0.25, -0.2) is 13.2 Å². The first kappa shape index (κ1) is 21.7. The van der Waals surface area contributed by atoms with Crippen molar-refractivity contribution in [3.63, 3.8) is 0 Å². The Balaban J connectivity index is 2.23. The van der Waals surface area contributed by atoms with Crippen LogP contribution in [0.4, 0.5) is 13.2 Å². The Hall–Kier alpha value is -3.00. The molecule has 2 aromatic carbocycles. The highest BCUT2D eigenvalue weighted by Gasteiger charge is 2.27. The molecule has 158 valence electrons. The molecule has 5 nitrogen and oxygen atoms in total. The van der Waals surface area contributed by atoms with Gasteiger partial charge in [0.05, 0.1) is 17.0 Å². The smallest absolute Gasteiger partial charge is 0.262 e. The predicted molar refractivity (Wildman–Crippen MR) is 106 cm³/mol. The molecule has 0 atom stereocenters. The number of aromatic nitrogens is 1. The largest absolute Gasteiger partial charge is 0.503 e. The van der Waals surface area contributed by atoms with Gasteiger partial charge < -0.3 is 10.4 Å². The summed E-state index contributed by atoms with van der Waals surface area (Å²) in [5, 5.41) is 11.9. The van der Waals surface area contributed by atoms with E-state index in [0.29, 0.717) is 13.0 Å². The summed E-state index contributed by atoms with van der Waals surface area (Å²) in [7, 11) is 0. The molecule has 1 aromatic heterocycles. The van der Waals surface area contributed by atoms with E-state index >= 15 is 0 Å². The number of phenols is 1. The minimum Gasteiger partial charge on any atom is -0.503 e. The van der Waals surface area contributed by atoms with E-state index in [1.54, 1.807) is 0 Å². The van der Waals surface area contributed by atoms with Crippen LogP contribution in [0.15, 0.2) is 24.3 Å². The van der Waals surface area contributed by atoms with Gasteiger partial charge >= 0.3 is 0 Å². The molecular weight excluding hydrogens is 421 g/mol. The van der Waals surface area contributed by atoms with Gasteiger partial charge in [-0.2, -0.15) is 0 Å². The van der Waals surface area contributed by atoms with E-state index < -0.39 is 35.0 Å². The number of nitrogens with one attached hydrogen (secondary N) is 1. The van der Waals surface area contributed by atoms with Crippen molar-refractivity contribution in [2.75, 3.05) is 6.54 Å². The molecule has 0 bridgehead atoms. The number of nitrogens with zero attached hydrogens (tertiary/aromatic N) is 1. The van der Waals surface area contributed by atoms with Crippen LogP contribution in [0.5, 0.6) is 5.75 Å². The van der Waals surface area contributed by atoms with Crippen LogP contribution in [0.25, 0.3) is 10.9 Å². The van der Waals surface area contributed by atoms with E-state index in [0.717, 1.165) is 16.7 Å². The molecule has 1 heterocycles. The number of amides is 1. The van der Waals surface area contributed by atoms with Crippen molar-refractivity contribution < 1.29 is 27.9 Å². The van der Waals surface area contributed by atoms with Gasteiger partial charge in [0.25, 0.3) is 5.91 Å². The Morgan fingerprint density at radius 1 is 1.17 bits per heavy atom. The normalized spacial score (nSPS) is 11.1. The molecule has 0 unspecified atom stereocenters. The van der Waals surface area contributed by atoms with Gasteiger partial charge in [-0.05, 0) is 37.1 Å². The van der Waals surface area contributed by atoms with Crippen molar-refractivity contribution >= 4 is 34.3 Å². The van der Waals surface area contributed by atoms with Gasteiger partial charge in [0.1, 0.15) is 5.82 Å². The fourth-order valence-corrected chi connectivity index (χ4v) is 3.40. The molecular formula is C21H18ClF3N2O3. The van der Waals surface area contributed by atoms with Crippen LogP contribution < -0.4 is 5.32 Å². The van der Waals surface area contributed by atoms with Crippen molar-refractivity contribution in [1.29, 1.82) is 0 Å². The monoisotopic (exact) mass is 438 g/mol. The van der Waals surface area contributed by atoms with Crippen molar-refractivity contribution in [1.82, 2.24) is 9.88 Å². The molecule has 30 heavy (non-hydrogen) atoms. The first-order chi connectivity index (χ1) is 14.2. The molecule has 1 amide bonds. The molecule has 9 heteroatoms. The van der Waals surface area contributed by atoms with Gasteiger partial charge in [0.2, 0.25) is 5.91 Å². The van der Waals surface area contributed by atoms with Gasteiger partial charge in [0.15, 0.2) is 17.4 Å². The Morgan fingerprint density at radius 2 is 1.87 bits per heavy atom. The number of fused-ring (bicyclic) bond motifs is 1. The van der Waals surface area contributed by atoms with E-state index in [2.05, 4.69) is 5.32 Å². The van der Waals surface area contributed by atoms with Gasteiger partial charge in [-0.1, -0.05) is 18.5 Å². The number of benzene rings is 2. The molecule has 0 saturated heterocycles. The van der Waals surface area contributed by atoms with E-state index in [1.807, 2.05) is 6.92 Å². The van der Waals surface area contributed by atoms with Crippen molar-refractivity contribution in [3.05, 3.63) is 63.6 Å². The fourth-order valence-electron chi connectivity index (χ4n) is 3.28. The number of hydrogen-bond donors (Lipinski definition) is 2. The molecule has 2 N–H and O–H groups in total. The van der Waals surface area contributed by atoms with Crippen molar-refractivity contribution in [2.24, 2.45) is 0 Å². The lowest BCUT2D eigenvalue weighted by Crippen LogP contribution is -2.26. The summed E-state index contributed by atoms with van der Waals surface area (Å²) in [6.45, 7) is 3.73. The van der Waals surface area contributed by atoms with Crippen LogP contribution in [0.3, 0.4) is 0 Å². The highest BCUT2D eigenvalue weighted by Crippen LogP contribution is 2.35. The average Bonchev–Trinajstić information content (AvgIpc) is 2.97. The van der Waals surface area contributed by atoms with Crippen LogP contribution in [-0.2, 0) is 11.2 Å². The van der Waals surface area contributed by atoms with Crippen LogP contribution in [0.2, 0.25) is 5.02 Å². The third kappa shape index (κ3) is 3.75. The number of aromatic hydroxyl groups is 1. The maximum atomic E-state index is 14.8. The molecule has 0 aliphatic carbocycles. The molecule has 0 aliphatic rings. The number of phenolic OH excluding ortho intramolecular Hbond substituents is 1. The zero-order valence-corrected chi connectivity index (χ0v) is 16.9. The minimum absolute atomic E-state index is 0.104. The topological polar surface area (TPSA) is 71.3 Å². The SMILES string of the molecule is CCCNC(=O)Cc1c(C)n(C(=O)c2ccc(Cl)c(F)c2)c2cc(F)c(O)c(F)c12. The van der Waals surface area contributed by atoms with E-state index in [4.69, 9.17) is 11.6 Å². The highest BCUT2D eigenvalue weighted by atomic mass is 35.5. The summed E-state index contributed by atoms with van der Waals surface area (Å²) in [5.41, 5.74) is 0.00169. The maximum absolute atomic E-state index is 14.8. The molecule has 0 aliphatic heterocycles. The first-order valence-electron chi connectivity index (χ1n) is 9.14. The van der Waals surface area contributed by atoms with Crippen molar-refractivity contribution in [2.45, 2.75) is 26.7 Å². The minimum atomic E-state index is -1.28. The summed E-state index contributed by atoms with van der Waals surface area (Å²) < 4.78 is 43.7. The van der Waals surface area contributed by atoms with E-state index in [-0.39, 0.29) is 39.2 Å². The molecule has 3 rings (SSSR count). The van der Waals surface area contributed by atoms with Crippen molar-refractivity contribution in [3.8, 4) is 5.75 Å². The highest BCUT2D eigenvalue weighted by molar-refractivity contribution is 6.30. The second-order valence-corrected chi connectivity index (χ2v) is 7.18. The van der Waals surface area contributed by atoms with E-state index in [9.17, 15) is 27.9 Å². The van der Waals surface area contributed by atoms with Gasteiger partial charge in [0, 0.05) is 29.3 Å². The van der Waals surface area contributed by atoms with Crippen LogP contribution in [0.1, 0.15) is 35.0 Å². The molecule has 0 radical (unpaired) electrons. The molecule has 3 aromatic rings. The Labute approximate surface area is 175 Å². The number of carbonyl (C=O) groups excluding carboxylic acids is 2. The predicted octanol–water partition coefficient (Wildman–Crippen LogP) is 4.48. The summed E-state index contributed by atoms with van der Waals surface area (Å²) in [6.07, 6.45) is 0.396.